The minimum absolute atomic E-state index is 0.0568. The standard InChI is InChI=1S/C21H22F2N2O3/c22-15-4-5-17(16(23)12-15)25-20(26)24-13-21(7-1-2-8-21)14-3-6-18-19(11-14)28-10-9-27-18/h3-6,11-12H,1-2,7-10,13H2,(H2,24,25,26). The van der Waals surface area contributed by atoms with Crippen molar-refractivity contribution in [2.45, 2.75) is 31.1 Å². The lowest BCUT2D eigenvalue weighted by Crippen LogP contribution is -2.41. The van der Waals surface area contributed by atoms with Crippen LogP contribution < -0.4 is 20.1 Å². The quantitative estimate of drug-likeness (QED) is 0.818. The highest BCUT2D eigenvalue weighted by molar-refractivity contribution is 5.89. The molecule has 148 valence electrons. The highest BCUT2D eigenvalue weighted by Gasteiger charge is 2.36. The van der Waals surface area contributed by atoms with E-state index in [2.05, 4.69) is 10.6 Å². The van der Waals surface area contributed by atoms with E-state index in [1.54, 1.807) is 0 Å². The molecular formula is C21H22F2N2O3. The molecule has 2 N–H and O–H groups in total. The zero-order valence-electron chi connectivity index (χ0n) is 15.4. The number of ether oxygens (including phenoxy) is 2. The summed E-state index contributed by atoms with van der Waals surface area (Å²) in [7, 11) is 0. The third-order valence-corrected chi connectivity index (χ3v) is 5.48. The van der Waals surface area contributed by atoms with Crippen LogP contribution in [0.25, 0.3) is 0 Å². The highest BCUT2D eigenvalue weighted by atomic mass is 19.1. The van der Waals surface area contributed by atoms with E-state index in [1.165, 1.54) is 6.07 Å². The largest absolute Gasteiger partial charge is 0.486 e. The van der Waals surface area contributed by atoms with Gasteiger partial charge in [-0.05, 0) is 42.7 Å². The molecule has 0 saturated heterocycles. The van der Waals surface area contributed by atoms with Crippen LogP contribution in [0.1, 0.15) is 31.2 Å². The third-order valence-electron chi connectivity index (χ3n) is 5.48. The van der Waals surface area contributed by atoms with Gasteiger partial charge in [0.2, 0.25) is 0 Å². The summed E-state index contributed by atoms with van der Waals surface area (Å²) in [6.45, 7) is 1.48. The molecule has 1 heterocycles. The van der Waals surface area contributed by atoms with E-state index in [1.807, 2.05) is 18.2 Å². The number of fused-ring (bicyclic) bond motifs is 1. The van der Waals surface area contributed by atoms with Crippen LogP contribution in [-0.4, -0.2) is 25.8 Å². The van der Waals surface area contributed by atoms with Crippen molar-refractivity contribution < 1.29 is 23.0 Å². The molecule has 1 aliphatic carbocycles. The second-order valence-electron chi connectivity index (χ2n) is 7.28. The van der Waals surface area contributed by atoms with Crippen LogP contribution >= 0.6 is 0 Å². The molecule has 0 atom stereocenters. The number of benzene rings is 2. The van der Waals surface area contributed by atoms with E-state index in [4.69, 9.17) is 9.47 Å². The van der Waals surface area contributed by atoms with Crippen LogP contribution in [0.15, 0.2) is 36.4 Å². The molecule has 1 aliphatic heterocycles. The number of amides is 2. The fourth-order valence-corrected chi connectivity index (χ4v) is 4.00. The molecule has 5 nitrogen and oxygen atoms in total. The Bertz CT molecular complexity index is 882. The first-order valence-corrected chi connectivity index (χ1v) is 9.46. The molecule has 2 aromatic rings. The van der Waals surface area contributed by atoms with E-state index in [0.717, 1.165) is 54.9 Å². The minimum Gasteiger partial charge on any atom is -0.486 e. The first-order valence-electron chi connectivity index (χ1n) is 9.46. The summed E-state index contributed by atoms with van der Waals surface area (Å²) >= 11 is 0. The predicted molar refractivity (Wildman–Crippen MR) is 101 cm³/mol. The van der Waals surface area contributed by atoms with E-state index in [0.29, 0.717) is 19.8 Å². The number of halogens is 2. The first kappa shape index (κ1) is 18.5. The zero-order valence-corrected chi connectivity index (χ0v) is 15.4. The van der Waals surface area contributed by atoms with Gasteiger partial charge in [0.1, 0.15) is 24.8 Å². The maximum absolute atomic E-state index is 13.7. The van der Waals surface area contributed by atoms with Gasteiger partial charge in [-0.3, -0.25) is 0 Å². The van der Waals surface area contributed by atoms with Crippen molar-refractivity contribution in [3.8, 4) is 11.5 Å². The second kappa shape index (κ2) is 7.66. The van der Waals surface area contributed by atoms with Crippen LogP contribution in [-0.2, 0) is 5.41 Å². The monoisotopic (exact) mass is 388 g/mol. The van der Waals surface area contributed by atoms with Crippen LogP contribution in [0, 0.1) is 11.6 Å². The molecule has 2 amide bonds. The molecule has 1 saturated carbocycles. The second-order valence-corrected chi connectivity index (χ2v) is 7.28. The normalized spacial score (nSPS) is 17.2. The molecule has 7 heteroatoms. The first-order chi connectivity index (χ1) is 13.6. The maximum Gasteiger partial charge on any atom is 0.319 e. The molecule has 2 aromatic carbocycles. The molecule has 0 bridgehead atoms. The minimum atomic E-state index is -0.808. The van der Waals surface area contributed by atoms with Crippen LogP contribution in [0.5, 0.6) is 11.5 Å². The number of rotatable bonds is 4. The lowest BCUT2D eigenvalue weighted by Gasteiger charge is -2.31. The smallest absolute Gasteiger partial charge is 0.319 e. The summed E-state index contributed by atoms with van der Waals surface area (Å²) in [6, 6.07) is 8.47. The summed E-state index contributed by atoms with van der Waals surface area (Å²) < 4.78 is 38.0. The molecular weight excluding hydrogens is 366 g/mol. The molecule has 28 heavy (non-hydrogen) atoms. The number of urea groups is 1. The third kappa shape index (κ3) is 3.74. The summed E-state index contributed by atoms with van der Waals surface area (Å²) in [5.41, 5.74) is 0.843. The van der Waals surface area contributed by atoms with Crippen molar-refractivity contribution in [1.29, 1.82) is 0 Å². The number of carbonyl (C=O) groups is 1. The Kier molecular flexibility index (Phi) is 5.07. The average molecular weight is 388 g/mol. The van der Waals surface area contributed by atoms with E-state index >= 15 is 0 Å². The molecule has 0 unspecified atom stereocenters. The topological polar surface area (TPSA) is 59.6 Å². The molecule has 0 aromatic heterocycles. The van der Waals surface area contributed by atoms with E-state index in [-0.39, 0.29) is 11.1 Å². The number of hydrogen-bond donors (Lipinski definition) is 2. The average Bonchev–Trinajstić information content (AvgIpc) is 3.18. The predicted octanol–water partition coefficient (Wildman–Crippen LogP) is 4.37. The lowest BCUT2D eigenvalue weighted by molar-refractivity contribution is 0.171. The molecule has 2 aliphatic rings. The van der Waals surface area contributed by atoms with Crippen LogP contribution in [0.4, 0.5) is 19.3 Å². The van der Waals surface area contributed by atoms with Gasteiger partial charge in [-0.25, -0.2) is 13.6 Å². The van der Waals surface area contributed by atoms with E-state index < -0.39 is 17.7 Å². The van der Waals surface area contributed by atoms with Gasteiger partial charge in [-0.1, -0.05) is 18.9 Å². The Hall–Kier alpha value is -2.83. The van der Waals surface area contributed by atoms with Gasteiger partial charge < -0.3 is 20.1 Å². The molecule has 4 rings (SSSR count). The van der Waals surface area contributed by atoms with Gasteiger partial charge in [0.25, 0.3) is 0 Å². The van der Waals surface area contributed by atoms with Gasteiger partial charge in [0.15, 0.2) is 11.5 Å². The Morgan fingerprint density at radius 3 is 2.50 bits per heavy atom. The highest BCUT2D eigenvalue weighted by Crippen LogP contribution is 2.43. The van der Waals surface area contributed by atoms with Crippen molar-refractivity contribution in [2.24, 2.45) is 0 Å². The van der Waals surface area contributed by atoms with Crippen molar-refractivity contribution in [1.82, 2.24) is 5.32 Å². The Labute approximate surface area is 162 Å². The molecule has 0 radical (unpaired) electrons. The Morgan fingerprint density at radius 2 is 1.75 bits per heavy atom. The Morgan fingerprint density at radius 1 is 1.00 bits per heavy atom. The Balaban J connectivity index is 1.47. The number of nitrogens with one attached hydrogen (secondary N) is 2. The van der Waals surface area contributed by atoms with Gasteiger partial charge in [0.05, 0.1) is 5.69 Å². The molecule has 1 fully saturated rings. The van der Waals surface area contributed by atoms with Crippen LogP contribution in [0.3, 0.4) is 0 Å². The SMILES string of the molecule is O=C(NCC1(c2ccc3c(c2)OCCO3)CCCC1)Nc1ccc(F)cc1F. The van der Waals surface area contributed by atoms with Crippen molar-refractivity contribution in [3.63, 3.8) is 0 Å². The van der Waals surface area contributed by atoms with Gasteiger partial charge >= 0.3 is 6.03 Å². The van der Waals surface area contributed by atoms with Crippen molar-refractivity contribution in [3.05, 3.63) is 53.6 Å². The zero-order chi connectivity index (χ0) is 19.6. The van der Waals surface area contributed by atoms with Gasteiger partial charge in [0, 0.05) is 18.0 Å². The fraction of sp³-hybridized carbons (Fsp3) is 0.381. The summed E-state index contributed by atoms with van der Waals surface area (Å²) in [5.74, 6) is -0.0296. The summed E-state index contributed by atoms with van der Waals surface area (Å²) in [5, 5.41) is 5.30. The fourth-order valence-electron chi connectivity index (χ4n) is 4.00. The van der Waals surface area contributed by atoms with E-state index in [9.17, 15) is 13.6 Å². The van der Waals surface area contributed by atoms with Crippen LogP contribution in [0.2, 0.25) is 0 Å². The number of anilines is 1. The van der Waals surface area contributed by atoms with Gasteiger partial charge in [-0.2, -0.15) is 0 Å². The summed E-state index contributed by atoms with van der Waals surface area (Å²) in [4.78, 5) is 12.3. The number of carbonyl (C=O) groups excluding carboxylic acids is 1. The van der Waals surface area contributed by atoms with Gasteiger partial charge in [-0.15, -0.1) is 0 Å². The summed E-state index contributed by atoms with van der Waals surface area (Å²) in [6.07, 6.45) is 4.03. The number of hydrogen-bond acceptors (Lipinski definition) is 3. The molecule has 0 spiro atoms. The maximum atomic E-state index is 13.7. The van der Waals surface area contributed by atoms with Crippen molar-refractivity contribution in [2.75, 3.05) is 25.1 Å². The van der Waals surface area contributed by atoms with Crippen molar-refractivity contribution >= 4 is 11.7 Å². The lowest BCUT2D eigenvalue weighted by atomic mass is 9.78.